The number of hydrogen-bond acceptors (Lipinski definition) is 3. The average Bonchev–Trinajstić information content (AvgIpc) is 2.80. The smallest absolute Gasteiger partial charge is 0.123 e. The lowest BCUT2D eigenvalue weighted by atomic mass is 10.2. The summed E-state index contributed by atoms with van der Waals surface area (Å²) in [7, 11) is 0. The second-order valence-electron chi connectivity index (χ2n) is 3.35. The number of anilines is 1. The molecule has 78 valence electrons. The van der Waals surface area contributed by atoms with Gasteiger partial charge in [0.25, 0.3) is 0 Å². The lowest BCUT2D eigenvalue weighted by molar-refractivity contribution is 0.977. The third-order valence-corrected chi connectivity index (χ3v) is 2.14. The van der Waals surface area contributed by atoms with E-state index in [-0.39, 0.29) is 0 Å². The van der Waals surface area contributed by atoms with Crippen LogP contribution in [-0.2, 0) is 0 Å². The van der Waals surface area contributed by atoms with Crippen LogP contribution >= 0.6 is 0 Å². The summed E-state index contributed by atoms with van der Waals surface area (Å²) in [5.74, 6) is 0. The summed E-state index contributed by atoms with van der Waals surface area (Å²) >= 11 is 0. The van der Waals surface area contributed by atoms with E-state index in [4.69, 9.17) is 0 Å². The highest BCUT2D eigenvalue weighted by atomic mass is 15.2. The first-order valence-electron chi connectivity index (χ1n) is 5.09. The molecule has 1 aromatic carbocycles. The van der Waals surface area contributed by atoms with Gasteiger partial charge in [0, 0.05) is 12.2 Å². The minimum absolute atomic E-state index is 0.992. The van der Waals surface area contributed by atoms with Crippen molar-refractivity contribution in [2.45, 2.75) is 13.3 Å². The van der Waals surface area contributed by atoms with Crippen molar-refractivity contribution in [3.63, 3.8) is 0 Å². The normalized spacial score (nSPS) is 10.2. The first kappa shape index (κ1) is 9.71. The van der Waals surface area contributed by atoms with Gasteiger partial charge in [-0.2, -0.15) is 0 Å². The van der Waals surface area contributed by atoms with E-state index in [1.54, 1.807) is 12.7 Å². The molecule has 0 unspecified atom stereocenters. The van der Waals surface area contributed by atoms with Crippen molar-refractivity contribution in [1.29, 1.82) is 0 Å². The molecule has 1 heterocycles. The summed E-state index contributed by atoms with van der Waals surface area (Å²) in [6, 6.07) is 8.19. The van der Waals surface area contributed by atoms with Crippen molar-refractivity contribution in [2.24, 2.45) is 0 Å². The number of nitrogens with zero attached hydrogens (tertiary/aromatic N) is 3. The minimum atomic E-state index is 0.992. The van der Waals surface area contributed by atoms with E-state index in [0.29, 0.717) is 0 Å². The summed E-state index contributed by atoms with van der Waals surface area (Å²) in [5, 5.41) is 10.9. The summed E-state index contributed by atoms with van der Waals surface area (Å²) in [6.45, 7) is 3.14. The monoisotopic (exact) mass is 202 g/mol. The zero-order valence-corrected chi connectivity index (χ0v) is 8.72. The van der Waals surface area contributed by atoms with E-state index in [1.807, 2.05) is 16.7 Å². The van der Waals surface area contributed by atoms with Crippen molar-refractivity contribution < 1.29 is 0 Å². The lowest BCUT2D eigenvalue weighted by Crippen LogP contribution is -2.00. The van der Waals surface area contributed by atoms with Crippen LogP contribution < -0.4 is 5.32 Å². The van der Waals surface area contributed by atoms with Gasteiger partial charge in [0.05, 0.1) is 5.69 Å². The van der Waals surface area contributed by atoms with Gasteiger partial charge in [-0.05, 0) is 24.6 Å². The molecule has 0 radical (unpaired) electrons. The third kappa shape index (κ3) is 2.34. The predicted octanol–water partition coefficient (Wildman–Crippen LogP) is 2.09. The van der Waals surface area contributed by atoms with Gasteiger partial charge < -0.3 is 5.32 Å². The van der Waals surface area contributed by atoms with Gasteiger partial charge in [-0.3, -0.25) is 4.57 Å². The molecule has 0 aliphatic carbocycles. The molecule has 0 aliphatic rings. The van der Waals surface area contributed by atoms with Gasteiger partial charge >= 0.3 is 0 Å². The molecule has 0 atom stereocenters. The van der Waals surface area contributed by atoms with Crippen LogP contribution in [-0.4, -0.2) is 21.3 Å². The number of nitrogens with one attached hydrogen (secondary N) is 1. The lowest BCUT2D eigenvalue weighted by Gasteiger charge is -2.07. The summed E-state index contributed by atoms with van der Waals surface area (Å²) in [5.41, 5.74) is 2.20. The SMILES string of the molecule is CCCNc1cccc(-n2cnnc2)c1. The van der Waals surface area contributed by atoms with Crippen molar-refractivity contribution in [2.75, 3.05) is 11.9 Å². The topological polar surface area (TPSA) is 42.7 Å². The van der Waals surface area contributed by atoms with Crippen LogP contribution in [0.2, 0.25) is 0 Å². The Hall–Kier alpha value is -1.84. The number of aromatic nitrogens is 3. The fourth-order valence-electron chi connectivity index (χ4n) is 1.38. The van der Waals surface area contributed by atoms with Crippen molar-refractivity contribution in [1.82, 2.24) is 14.8 Å². The van der Waals surface area contributed by atoms with Crippen molar-refractivity contribution in [3.05, 3.63) is 36.9 Å². The molecular weight excluding hydrogens is 188 g/mol. The van der Waals surface area contributed by atoms with Gasteiger partial charge in [-0.25, -0.2) is 0 Å². The third-order valence-electron chi connectivity index (χ3n) is 2.14. The van der Waals surface area contributed by atoms with Crippen LogP contribution in [0.5, 0.6) is 0 Å². The van der Waals surface area contributed by atoms with E-state index in [0.717, 1.165) is 24.3 Å². The number of rotatable bonds is 4. The first-order valence-corrected chi connectivity index (χ1v) is 5.09. The Bertz CT molecular complexity index is 408. The molecule has 1 aromatic heterocycles. The fraction of sp³-hybridized carbons (Fsp3) is 0.273. The molecule has 0 aliphatic heterocycles. The molecule has 0 spiro atoms. The Morgan fingerprint density at radius 3 is 2.80 bits per heavy atom. The summed E-state index contributed by atoms with van der Waals surface area (Å²) in [6.07, 6.45) is 4.51. The molecule has 15 heavy (non-hydrogen) atoms. The molecule has 4 heteroatoms. The molecular formula is C11H14N4. The maximum absolute atomic E-state index is 3.78. The van der Waals surface area contributed by atoms with Gasteiger partial charge in [0.15, 0.2) is 0 Å². The maximum atomic E-state index is 3.78. The molecule has 1 N–H and O–H groups in total. The molecule has 2 aromatic rings. The highest BCUT2D eigenvalue weighted by Crippen LogP contribution is 2.13. The zero-order chi connectivity index (χ0) is 10.5. The molecule has 4 nitrogen and oxygen atoms in total. The second kappa shape index (κ2) is 4.59. The zero-order valence-electron chi connectivity index (χ0n) is 8.72. The Morgan fingerprint density at radius 1 is 1.27 bits per heavy atom. The number of hydrogen-bond donors (Lipinski definition) is 1. The molecule has 0 amide bonds. The molecule has 2 rings (SSSR count). The van der Waals surface area contributed by atoms with Crippen LogP contribution in [0.15, 0.2) is 36.9 Å². The van der Waals surface area contributed by atoms with Gasteiger partial charge in [-0.1, -0.05) is 13.0 Å². The Labute approximate surface area is 89.0 Å². The Morgan fingerprint density at radius 2 is 2.07 bits per heavy atom. The van der Waals surface area contributed by atoms with E-state index in [9.17, 15) is 0 Å². The second-order valence-corrected chi connectivity index (χ2v) is 3.35. The van der Waals surface area contributed by atoms with Gasteiger partial charge in [0.2, 0.25) is 0 Å². The summed E-state index contributed by atoms with van der Waals surface area (Å²) in [4.78, 5) is 0. The fourth-order valence-corrected chi connectivity index (χ4v) is 1.38. The van der Waals surface area contributed by atoms with Crippen LogP contribution in [0.25, 0.3) is 5.69 Å². The van der Waals surface area contributed by atoms with Gasteiger partial charge in [0.1, 0.15) is 12.7 Å². The first-order chi connectivity index (χ1) is 7.40. The molecule has 0 fully saturated rings. The van der Waals surface area contributed by atoms with E-state index >= 15 is 0 Å². The van der Waals surface area contributed by atoms with Crippen LogP contribution in [0.3, 0.4) is 0 Å². The Balaban J connectivity index is 2.19. The molecule has 0 saturated heterocycles. The highest BCUT2D eigenvalue weighted by molar-refractivity contribution is 5.50. The largest absolute Gasteiger partial charge is 0.385 e. The van der Waals surface area contributed by atoms with E-state index in [2.05, 4.69) is 34.6 Å². The number of benzene rings is 1. The predicted molar refractivity (Wildman–Crippen MR) is 60.1 cm³/mol. The Kier molecular flexibility index (Phi) is 2.97. The van der Waals surface area contributed by atoms with Gasteiger partial charge in [-0.15, -0.1) is 10.2 Å². The summed E-state index contributed by atoms with van der Waals surface area (Å²) < 4.78 is 1.89. The molecule has 0 saturated carbocycles. The van der Waals surface area contributed by atoms with Crippen LogP contribution in [0, 0.1) is 0 Å². The highest BCUT2D eigenvalue weighted by Gasteiger charge is 1.97. The molecule has 0 bridgehead atoms. The van der Waals surface area contributed by atoms with Crippen molar-refractivity contribution >= 4 is 5.69 Å². The minimum Gasteiger partial charge on any atom is -0.385 e. The van der Waals surface area contributed by atoms with Crippen LogP contribution in [0.1, 0.15) is 13.3 Å². The van der Waals surface area contributed by atoms with E-state index < -0.39 is 0 Å². The quantitative estimate of drug-likeness (QED) is 0.825. The standard InChI is InChI=1S/C11H14N4/c1-2-6-12-10-4-3-5-11(7-10)15-8-13-14-9-15/h3-5,7-9,12H,2,6H2,1H3. The van der Waals surface area contributed by atoms with Crippen LogP contribution in [0.4, 0.5) is 5.69 Å². The van der Waals surface area contributed by atoms with Crippen molar-refractivity contribution in [3.8, 4) is 5.69 Å². The maximum Gasteiger partial charge on any atom is 0.123 e. The van der Waals surface area contributed by atoms with E-state index in [1.165, 1.54) is 0 Å². The average molecular weight is 202 g/mol.